The molecule has 34 heavy (non-hydrogen) atoms. The molecule has 2 aromatic carbocycles. The van der Waals surface area contributed by atoms with Gasteiger partial charge in [-0.05, 0) is 73.9 Å². The average Bonchev–Trinajstić information content (AvgIpc) is 3.63. The number of rotatable bonds is 8. The minimum atomic E-state index is -0.697. The number of nitrogens with zero attached hydrogens (tertiary/aromatic N) is 1. The van der Waals surface area contributed by atoms with Crippen LogP contribution in [0.1, 0.15) is 62.6 Å². The zero-order valence-corrected chi connectivity index (χ0v) is 21.2. The van der Waals surface area contributed by atoms with E-state index in [1.807, 2.05) is 54.3 Å². The SMILES string of the molecule is C=CC[C@@]1(C)C[C@H](c2cccc(Cl)c2)[C@@H](c2ccc(Cl)cc2)N([C@H](C(=O)OCC)C2CC2)C1=O. The Morgan fingerprint density at radius 3 is 2.47 bits per heavy atom. The van der Waals surface area contributed by atoms with Crippen molar-refractivity contribution in [3.8, 4) is 0 Å². The first kappa shape index (κ1) is 24.8. The van der Waals surface area contributed by atoms with Crippen molar-refractivity contribution in [3.05, 3.63) is 82.4 Å². The van der Waals surface area contributed by atoms with Gasteiger partial charge >= 0.3 is 5.97 Å². The predicted molar refractivity (Wildman–Crippen MR) is 136 cm³/mol. The lowest BCUT2D eigenvalue weighted by molar-refractivity contribution is -0.167. The fourth-order valence-electron chi connectivity index (χ4n) is 5.37. The minimum Gasteiger partial charge on any atom is -0.464 e. The molecule has 4 atom stereocenters. The number of hydrogen-bond donors (Lipinski definition) is 0. The molecule has 2 fully saturated rings. The standard InChI is InChI=1S/C28H31Cl2NO3/c1-4-15-28(3)17-23(20-7-6-8-22(30)16-20)24(18-11-13-21(29)14-12-18)31(27(28)33)25(19-9-10-19)26(32)34-5-2/h4,6-8,11-14,16,19,23-25H,1,5,9-10,15,17H2,2-3H3/t23-,24-,25+,28+/m1/s1. The highest BCUT2D eigenvalue weighted by atomic mass is 35.5. The first-order valence-electron chi connectivity index (χ1n) is 11.9. The number of esters is 1. The van der Waals surface area contributed by atoms with Crippen LogP contribution in [0.4, 0.5) is 0 Å². The summed E-state index contributed by atoms with van der Waals surface area (Å²) < 4.78 is 5.50. The van der Waals surface area contributed by atoms with Gasteiger partial charge < -0.3 is 9.64 Å². The van der Waals surface area contributed by atoms with Crippen LogP contribution in [-0.4, -0.2) is 29.4 Å². The van der Waals surface area contributed by atoms with E-state index in [-0.39, 0.29) is 36.4 Å². The van der Waals surface area contributed by atoms with Crippen molar-refractivity contribution in [3.63, 3.8) is 0 Å². The largest absolute Gasteiger partial charge is 0.464 e. The molecular weight excluding hydrogens is 469 g/mol. The summed E-state index contributed by atoms with van der Waals surface area (Å²) in [5.41, 5.74) is 1.29. The Kier molecular flexibility index (Phi) is 7.39. The monoisotopic (exact) mass is 499 g/mol. The highest BCUT2D eigenvalue weighted by Crippen LogP contribution is 2.54. The van der Waals surface area contributed by atoms with E-state index >= 15 is 0 Å². The van der Waals surface area contributed by atoms with Gasteiger partial charge in [0, 0.05) is 16.0 Å². The lowest BCUT2D eigenvalue weighted by atomic mass is 9.67. The molecule has 1 saturated carbocycles. The molecule has 6 heteroatoms. The summed E-state index contributed by atoms with van der Waals surface area (Å²) >= 11 is 12.6. The molecule has 1 heterocycles. The third-order valence-corrected chi connectivity index (χ3v) is 7.57. The van der Waals surface area contributed by atoms with Gasteiger partial charge in [0.25, 0.3) is 0 Å². The summed E-state index contributed by atoms with van der Waals surface area (Å²) in [4.78, 5) is 29.4. The Balaban J connectivity index is 1.92. The Hall–Kier alpha value is -2.30. The van der Waals surface area contributed by atoms with Crippen LogP contribution in [0, 0.1) is 11.3 Å². The molecule has 0 spiro atoms. The second kappa shape index (κ2) is 10.1. The first-order valence-corrected chi connectivity index (χ1v) is 12.7. The van der Waals surface area contributed by atoms with Crippen molar-refractivity contribution >= 4 is 35.1 Å². The number of carbonyl (C=O) groups is 2. The van der Waals surface area contributed by atoms with E-state index in [0.717, 1.165) is 24.0 Å². The van der Waals surface area contributed by atoms with E-state index in [2.05, 4.69) is 12.6 Å². The third-order valence-electron chi connectivity index (χ3n) is 7.08. The van der Waals surface area contributed by atoms with Crippen LogP contribution in [0.2, 0.25) is 10.0 Å². The van der Waals surface area contributed by atoms with Gasteiger partial charge in [0.05, 0.1) is 18.1 Å². The van der Waals surface area contributed by atoms with E-state index in [0.29, 0.717) is 22.9 Å². The maximum Gasteiger partial charge on any atom is 0.329 e. The Labute approximate surface area is 211 Å². The fourth-order valence-corrected chi connectivity index (χ4v) is 5.69. The maximum atomic E-state index is 14.2. The Bertz CT molecular complexity index is 1070. The van der Waals surface area contributed by atoms with E-state index in [9.17, 15) is 9.59 Å². The van der Waals surface area contributed by atoms with E-state index in [4.69, 9.17) is 27.9 Å². The summed E-state index contributed by atoms with van der Waals surface area (Å²) in [5, 5.41) is 1.27. The minimum absolute atomic E-state index is 0.0319. The molecule has 1 amide bonds. The average molecular weight is 500 g/mol. The van der Waals surface area contributed by atoms with Gasteiger partial charge in [-0.25, -0.2) is 4.79 Å². The number of ether oxygens (including phenoxy) is 1. The highest BCUT2D eigenvalue weighted by Gasteiger charge is 2.55. The van der Waals surface area contributed by atoms with Gasteiger partial charge in [-0.1, -0.05) is 60.5 Å². The van der Waals surface area contributed by atoms with Crippen LogP contribution < -0.4 is 0 Å². The van der Waals surface area contributed by atoms with E-state index in [1.54, 1.807) is 13.0 Å². The second-order valence-electron chi connectivity index (χ2n) is 9.66. The molecule has 1 saturated heterocycles. The van der Waals surface area contributed by atoms with Crippen molar-refractivity contribution in [2.45, 2.75) is 57.5 Å². The molecule has 2 aliphatic rings. The van der Waals surface area contributed by atoms with Crippen LogP contribution in [0.15, 0.2) is 61.2 Å². The molecule has 180 valence electrons. The van der Waals surface area contributed by atoms with Gasteiger partial charge in [-0.3, -0.25) is 4.79 Å². The smallest absolute Gasteiger partial charge is 0.329 e. The van der Waals surface area contributed by atoms with Gasteiger partial charge in [0.2, 0.25) is 5.91 Å². The zero-order chi connectivity index (χ0) is 24.5. The number of amides is 1. The molecule has 0 unspecified atom stereocenters. The number of hydrogen-bond acceptors (Lipinski definition) is 3. The lowest BCUT2D eigenvalue weighted by Gasteiger charge is -2.51. The van der Waals surface area contributed by atoms with Crippen molar-refractivity contribution in [2.24, 2.45) is 11.3 Å². The Morgan fingerprint density at radius 2 is 1.88 bits per heavy atom. The van der Waals surface area contributed by atoms with Crippen molar-refractivity contribution in [1.29, 1.82) is 0 Å². The number of benzene rings is 2. The van der Waals surface area contributed by atoms with E-state index in [1.165, 1.54) is 0 Å². The number of halogens is 2. The molecule has 0 N–H and O–H groups in total. The molecule has 0 aromatic heterocycles. The number of carbonyl (C=O) groups excluding carboxylic acids is 2. The molecule has 0 radical (unpaired) electrons. The molecule has 4 rings (SSSR count). The topological polar surface area (TPSA) is 46.6 Å². The van der Waals surface area contributed by atoms with Crippen LogP contribution in [0.3, 0.4) is 0 Å². The van der Waals surface area contributed by atoms with Gasteiger partial charge in [0.15, 0.2) is 0 Å². The van der Waals surface area contributed by atoms with Crippen LogP contribution in [0.25, 0.3) is 0 Å². The molecular formula is C28H31Cl2NO3. The van der Waals surface area contributed by atoms with Crippen molar-refractivity contribution in [1.82, 2.24) is 4.90 Å². The maximum absolute atomic E-state index is 14.2. The second-order valence-corrected chi connectivity index (χ2v) is 10.5. The van der Waals surface area contributed by atoms with Gasteiger partial charge in [-0.15, -0.1) is 6.58 Å². The predicted octanol–water partition coefficient (Wildman–Crippen LogP) is 6.97. The fraction of sp³-hybridized carbons (Fsp3) is 0.429. The van der Waals surface area contributed by atoms with Crippen LogP contribution >= 0.6 is 23.2 Å². The molecule has 0 bridgehead atoms. The third kappa shape index (κ3) is 4.89. The highest BCUT2D eigenvalue weighted by molar-refractivity contribution is 6.30. The quantitative estimate of drug-likeness (QED) is 0.290. The lowest BCUT2D eigenvalue weighted by Crippen LogP contribution is -2.58. The number of piperidine rings is 1. The van der Waals surface area contributed by atoms with Crippen molar-refractivity contribution in [2.75, 3.05) is 6.61 Å². The summed E-state index contributed by atoms with van der Waals surface area (Å²) in [5.74, 6) is -0.331. The number of likely N-dealkylation sites (tertiary alicyclic amines) is 1. The summed E-state index contributed by atoms with van der Waals surface area (Å²) in [6, 6.07) is 14.4. The van der Waals surface area contributed by atoms with Crippen molar-refractivity contribution < 1.29 is 14.3 Å². The van der Waals surface area contributed by atoms with Gasteiger partial charge in [-0.2, -0.15) is 0 Å². The summed E-state index contributed by atoms with van der Waals surface area (Å²) in [6.45, 7) is 7.97. The molecule has 2 aromatic rings. The van der Waals surface area contributed by atoms with Crippen LogP contribution in [0.5, 0.6) is 0 Å². The first-order chi connectivity index (χ1) is 16.3. The summed E-state index contributed by atoms with van der Waals surface area (Å²) in [7, 11) is 0. The molecule has 1 aliphatic heterocycles. The normalized spacial score (nSPS) is 25.6. The van der Waals surface area contributed by atoms with Gasteiger partial charge in [0.1, 0.15) is 6.04 Å². The van der Waals surface area contributed by atoms with Crippen LogP contribution in [-0.2, 0) is 14.3 Å². The molecule has 4 nitrogen and oxygen atoms in total. The number of allylic oxidation sites excluding steroid dienone is 1. The zero-order valence-electron chi connectivity index (χ0n) is 19.7. The molecule has 1 aliphatic carbocycles. The van der Waals surface area contributed by atoms with E-state index < -0.39 is 11.5 Å². The Morgan fingerprint density at radius 1 is 1.18 bits per heavy atom. The summed E-state index contributed by atoms with van der Waals surface area (Å²) in [6.07, 6.45) is 4.74.